The van der Waals surface area contributed by atoms with E-state index in [-0.39, 0.29) is 12.0 Å². The highest BCUT2D eigenvalue weighted by Crippen LogP contribution is 2.20. The van der Waals surface area contributed by atoms with Crippen LogP contribution in [0.3, 0.4) is 0 Å². The number of carbonyl (C=O) groups is 1. The lowest BCUT2D eigenvalue weighted by Crippen LogP contribution is -2.38. The van der Waals surface area contributed by atoms with Crippen LogP contribution in [-0.2, 0) is 9.53 Å². The minimum absolute atomic E-state index is 0.189. The molecule has 0 spiro atoms. The van der Waals surface area contributed by atoms with Crippen LogP contribution in [0.1, 0.15) is 19.3 Å². The van der Waals surface area contributed by atoms with E-state index in [4.69, 9.17) is 10.5 Å². The molecule has 2 fully saturated rings. The summed E-state index contributed by atoms with van der Waals surface area (Å²) in [6.07, 6.45) is 2.71. The number of hydrogen-bond acceptors (Lipinski definition) is 3. The molecule has 0 unspecified atom stereocenters. The first kappa shape index (κ1) is 9.93. The van der Waals surface area contributed by atoms with Crippen molar-refractivity contribution in [3.05, 3.63) is 0 Å². The number of rotatable bonds is 1. The Kier molecular flexibility index (Phi) is 3.03. The zero-order valence-electron chi connectivity index (χ0n) is 8.45. The maximum atomic E-state index is 12.0. The van der Waals surface area contributed by atoms with E-state index in [0.717, 1.165) is 45.6 Å². The molecular weight excluding hydrogens is 180 g/mol. The van der Waals surface area contributed by atoms with Crippen molar-refractivity contribution in [3.63, 3.8) is 0 Å². The third kappa shape index (κ3) is 2.07. The van der Waals surface area contributed by atoms with Crippen LogP contribution >= 0.6 is 0 Å². The third-order valence-corrected chi connectivity index (χ3v) is 3.11. The molecule has 2 rings (SSSR count). The van der Waals surface area contributed by atoms with E-state index in [0.29, 0.717) is 5.91 Å². The molecule has 0 aromatic rings. The Bertz CT molecular complexity index is 207. The predicted octanol–water partition coefficient (Wildman–Crippen LogP) is -0.0274. The maximum absolute atomic E-state index is 12.0. The van der Waals surface area contributed by atoms with Gasteiger partial charge in [0.1, 0.15) is 0 Å². The summed E-state index contributed by atoms with van der Waals surface area (Å²) in [5, 5.41) is 0. The Labute approximate surface area is 84.4 Å². The average Bonchev–Trinajstić information content (AvgIpc) is 2.65. The molecule has 0 radical (unpaired) electrons. The van der Waals surface area contributed by atoms with E-state index >= 15 is 0 Å². The first-order valence-corrected chi connectivity index (χ1v) is 5.39. The first-order chi connectivity index (χ1) is 6.77. The predicted molar refractivity (Wildman–Crippen MR) is 52.7 cm³/mol. The molecule has 1 atom stereocenters. The number of nitrogens with zero attached hydrogens (tertiary/aromatic N) is 1. The molecule has 2 heterocycles. The number of hydrogen-bond donors (Lipinski definition) is 1. The molecule has 2 aliphatic heterocycles. The number of likely N-dealkylation sites (tertiary alicyclic amines) is 1. The minimum Gasteiger partial charge on any atom is -0.381 e. The Morgan fingerprint density at radius 2 is 2.00 bits per heavy atom. The molecule has 0 aromatic heterocycles. The van der Waals surface area contributed by atoms with Crippen molar-refractivity contribution in [2.45, 2.75) is 25.3 Å². The van der Waals surface area contributed by atoms with Crippen molar-refractivity contribution in [1.29, 1.82) is 0 Å². The molecular formula is C10H18N2O2. The van der Waals surface area contributed by atoms with Gasteiger partial charge < -0.3 is 15.4 Å². The van der Waals surface area contributed by atoms with Gasteiger partial charge in [0.2, 0.25) is 5.91 Å². The third-order valence-electron chi connectivity index (χ3n) is 3.11. The standard InChI is InChI=1S/C10H18N2O2/c11-9-1-4-12(7-9)10(13)8-2-5-14-6-3-8/h8-9H,1-7,11H2/t9-/m1/s1. The van der Waals surface area contributed by atoms with Crippen molar-refractivity contribution in [2.24, 2.45) is 11.7 Å². The fraction of sp³-hybridized carbons (Fsp3) is 0.900. The lowest BCUT2D eigenvalue weighted by atomic mass is 9.99. The van der Waals surface area contributed by atoms with Gasteiger partial charge in [-0.05, 0) is 19.3 Å². The fourth-order valence-electron chi connectivity index (χ4n) is 2.19. The highest BCUT2D eigenvalue weighted by molar-refractivity contribution is 5.79. The Hall–Kier alpha value is -0.610. The highest BCUT2D eigenvalue weighted by Gasteiger charge is 2.30. The van der Waals surface area contributed by atoms with Crippen LogP contribution in [0.5, 0.6) is 0 Å². The molecule has 2 saturated heterocycles. The van der Waals surface area contributed by atoms with E-state index < -0.39 is 0 Å². The Balaban J connectivity index is 1.87. The molecule has 0 aromatic carbocycles. The van der Waals surface area contributed by atoms with Crippen molar-refractivity contribution in [1.82, 2.24) is 4.90 Å². The van der Waals surface area contributed by atoms with Crippen LogP contribution in [-0.4, -0.2) is 43.2 Å². The fourth-order valence-corrected chi connectivity index (χ4v) is 2.19. The van der Waals surface area contributed by atoms with Gasteiger partial charge in [0.05, 0.1) is 0 Å². The van der Waals surface area contributed by atoms with E-state index in [9.17, 15) is 4.79 Å². The summed E-state index contributed by atoms with van der Waals surface area (Å²) < 4.78 is 5.24. The summed E-state index contributed by atoms with van der Waals surface area (Å²) in [6.45, 7) is 3.06. The van der Waals surface area contributed by atoms with E-state index in [1.807, 2.05) is 4.90 Å². The summed E-state index contributed by atoms with van der Waals surface area (Å²) in [5.41, 5.74) is 5.77. The number of nitrogens with two attached hydrogens (primary N) is 1. The van der Waals surface area contributed by atoms with Crippen molar-refractivity contribution in [2.75, 3.05) is 26.3 Å². The molecule has 0 aliphatic carbocycles. The van der Waals surface area contributed by atoms with E-state index in [1.54, 1.807) is 0 Å². The molecule has 80 valence electrons. The largest absolute Gasteiger partial charge is 0.381 e. The molecule has 0 saturated carbocycles. The second-order valence-corrected chi connectivity index (χ2v) is 4.22. The van der Waals surface area contributed by atoms with Crippen molar-refractivity contribution in [3.8, 4) is 0 Å². The maximum Gasteiger partial charge on any atom is 0.225 e. The minimum atomic E-state index is 0.189. The van der Waals surface area contributed by atoms with Gasteiger partial charge >= 0.3 is 0 Å². The average molecular weight is 198 g/mol. The molecule has 4 heteroatoms. The zero-order valence-corrected chi connectivity index (χ0v) is 8.45. The summed E-state index contributed by atoms with van der Waals surface area (Å²) in [7, 11) is 0. The van der Waals surface area contributed by atoms with E-state index in [2.05, 4.69) is 0 Å². The van der Waals surface area contributed by atoms with Gasteiger partial charge in [-0.1, -0.05) is 0 Å². The van der Waals surface area contributed by atoms with Crippen LogP contribution in [0, 0.1) is 5.92 Å². The molecule has 2 N–H and O–H groups in total. The van der Waals surface area contributed by atoms with Gasteiger partial charge in [0.15, 0.2) is 0 Å². The molecule has 14 heavy (non-hydrogen) atoms. The number of carbonyl (C=O) groups excluding carboxylic acids is 1. The molecule has 4 nitrogen and oxygen atoms in total. The monoisotopic (exact) mass is 198 g/mol. The summed E-state index contributed by atoms with van der Waals surface area (Å²) >= 11 is 0. The smallest absolute Gasteiger partial charge is 0.225 e. The second-order valence-electron chi connectivity index (χ2n) is 4.22. The summed E-state index contributed by atoms with van der Waals surface area (Å²) in [4.78, 5) is 13.9. The number of amides is 1. The quantitative estimate of drug-likeness (QED) is 0.644. The van der Waals surface area contributed by atoms with Crippen LogP contribution in [0.2, 0.25) is 0 Å². The van der Waals surface area contributed by atoms with E-state index in [1.165, 1.54) is 0 Å². The normalized spacial score (nSPS) is 29.5. The summed E-state index contributed by atoms with van der Waals surface area (Å²) in [5.74, 6) is 0.482. The second kappa shape index (κ2) is 4.28. The topological polar surface area (TPSA) is 55.6 Å². The van der Waals surface area contributed by atoms with Gasteiger partial charge in [0.25, 0.3) is 0 Å². The zero-order chi connectivity index (χ0) is 9.97. The van der Waals surface area contributed by atoms with Crippen molar-refractivity contribution < 1.29 is 9.53 Å². The lowest BCUT2D eigenvalue weighted by molar-refractivity contribution is -0.137. The van der Waals surface area contributed by atoms with Gasteiger partial charge in [-0.25, -0.2) is 0 Å². The lowest BCUT2D eigenvalue weighted by Gasteiger charge is -2.26. The van der Waals surface area contributed by atoms with Gasteiger partial charge in [0, 0.05) is 38.3 Å². The van der Waals surface area contributed by atoms with Crippen molar-refractivity contribution >= 4 is 5.91 Å². The summed E-state index contributed by atoms with van der Waals surface area (Å²) in [6, 6.07) is 0.193. The van der Waals surface area contributed by atoms with Crippen LogP contribution in [0.15, 0.2) is 0 Å². The SMILES string of the molecule is N[C@@H]1CCN(C(=O)C2CCOCC2)C1. The van der Waals surface area contributed by atoms with Crippen LogP contribution < -0.4 is 5.73 Å². The Morgan fingerprint density at radius 3 is 2.57 bits per heavy atom. The highest BCUT2D eigenvalue weighted by atomic mass is 16.5. The van der Waals surface area contributed by atoms with Gasteiger partial charge in [-0.3, -0.25) is 4.79 Å². The van der Waals surface area contributed by atoms with Crippen LogP contribution in [0.4, 0.5) is 0 Å². The molecule has 2 aliphatic rings. The molecule has 1 amide bonds. The van der Waals surface area contributed by atoms with Gasteiger partial charge in [-0.15, -0.1) is 0 Å². The van der Waals surface area contributed by atoms with Gasteiger partial charge in [-0.2, -0.15) is 0 Å². The first-order valence-electron chi connectivity index (χ1n) is 5.39. The van der Waals surface area contributed by atoms with Crippen LogP contribution in [0.25, 0.3) is 0 Å². The molecule has 0 bridgehead atoms. The number of ether oxygens (including phenoxy) is 1. The Morgan fingerprint density at radius 1 is 1.29 bits per heavy atom.